The third kappa shape index (κ3) is 4.22. The molecule has 3 heterocycles. The SMILES string of the molecule is C=CCOc1c(C)c(OC)c(OCC=C)c2c1CC1[C@H]3c4c(cc(C)c(OC)c4OCC(C)C)C4[C@H](N3C)[C@]4(C#N)N1[C@H]2CN. The summed E-state index contributed by atoms with van der Waals surface area (Å²) in [5.74, 6) is 3.84. The second-order valence-corrected chi connectivity index (χ2v) is 13.1. The van der Waals surface area contributed by atoms with Crippen LogP contribution in [-0.2, 0) is 6.42 Å². The van der Waals surface area contributed by atoms with Gasteiger partial charge in [0.25, 0.3) is 0 Å². The zero-order valence-corrected chi connectivity index (χ0v) is 27.6. The number of benzene rings is 2. The summed E-state index contributed by atoms with van der Waals surface area (Å²) >= 11 is 0. The lowest BCUT2D eigenvalue weighted by atomic mass is 9.77. The molecule has 2 fully saturated rings. The second-order valence-electron chi connectivity index (χ2n) is 13.1. The van der Waals surface area contributed by atoms with Crippen molar-refractivity contribution in [2.24, 2.45) is 11.7 Å². The highest BCUT2D eigenvalue weighted by Gasteiger charge is 2.80. The highest BCUT2D eigenvalue weighted by atomic mass is 16.5. The van der Waals surface area contributed by atoms with Crippen LogP contribution >= 0.6 is 0 Å². The number of nitrogens with two attached hydrogens (primary N) is 1. The molecule has 6 rings (SSSR count). The van der Waals surface area contributed by atoms with Crippen LogP contribution in [0.15, 0.2) is 31.4 Å². The topological polar surface area (TPSA) is 102 Å². The van der Waals surface area contributed by atoms with Crippen LogP contribution < -0.4 is 29.4 Å². The van der Waals surface area contributed by atoms with Crippen molar-refractivity contribution in [3.8, 4) is 34.8 Å². The first kappa shape index (κ1) is 31.3. The summed E-state index contributed by atoms with van der Waals surface area (Å²) in [7, 11) is 5.50. The fourth-order valence-electron chi connectivity index (χ4n) is 8.69. The predicted molar refractivity (Wildman–Crippen MR) is 174 cm³/mol. The largest absolute Gasteiger partial charge is 0.493 e. The van der Waals surface area contributed by atoms with Crippen molar-refractivity contribution < 1.29 is 23.7 Å². The molecule has 0 radical (unpaired) electrons. The number of aryl methyl sites for hydroxylation is 1. The maximum atomic E-state index is 11.2. The third-order valence-electron chi connectivity index (χ3n) is 10.2. The molecule has 0 aromatic heterocycles. The lowest BCUT2D eigenvalue weighted by Crippen LogP contribution is -2.63. The molecule has 4 aliphatic rings. The minimum atomic E-state index is -0.783. The molecule has 2 aromatic carbocycles. The van der Waals surface area contributed by atoms with Gasteiger partial charge in [-0.2, -0.15) is 5.26 Å². The van der Waals surface area contributed by atoms with Crippen LogP contribution in [0.4, 0.5) is 0 Å². The normalized spacial score (nSPS) is 27.4. The summed E-state index contributed by atoms with van der Waals surface area (Å²) in [5, 5.41) is 11.2. The summed E-state index contributed by atoms with van der Waals surface area (Å²) in [5.41, 5.74) is 12.1. The average molecular weight is 615 g/mol. The van der Waals surface area contributed by atoms with Gasteiger partial charge in [-0.15, -0.1) is 0 Å². The summed E-state index contributed by atoms with van der Waals surface area (Å²) in [6.07, 6.45) is 4.08. The molecule has 9 nitrogen and oxygen atoms in total. The van der Waals surface area contributed by atoms with Crippen LogP contribution in [-0.4, -0.2) is 75.1 Å². The van der Waals surface area contributed by atoms with Crippen molar-refractivity contribution >= 4 is 0 Å². The molecular weight excluding hydrogens is 568 g/mol. The number of likely N-dealkylation sites (N-methyl/N-ethyl adjacent to an activating group) is 1. The Balaban J connectivity index is 1.64. The van der Waals surface area contributed by atoms with Crippen molar-refractivity contribution in [1.29, 1.82) is 5.26 Å². The monoisotopic (exact) mass is 614 g/mol. The summed E-state index contributed by atoms with van der Waals surface area (Å²) in [6, 6.07) is 4.59. The summed E-state index contributed by atoms with van der Waals surface area (Å²) in [4.78, 5) is 4.82. The minimum Gasteiger partial charge on any atom is -0.493 e. The van der Waals surface area contributed by atoms with Gasteiger partial charge in [0, 0.05) is 40.8 Å². The number of hydrogen-bond acceptors (Lipinski definition) is 9. The van der Waals surface area contributed by atoms with Crippen molar-refractivity contribution in [3.63, 3.8) is 0 Å². The third-order valence-corrected chi connectivity index (χ3v) is 10.2. The highest BCUT2D eigenvalue weighted by Crippen LogP contribution is 2.73. The van der Waals surface area contributed by atoms with Crippen LogP contribution in [0.25, 0.3) is 0 Å². The van der Waals surface area contributed by atoms with Gasteiger partial charge in [-0.3, -0.25) is 9.80 Å². The van der Waals surface area contributed by atoms with E-state index in [-0.39, 0.29) is 36.6 Å². The Morgan fingerprint density at radius 2 is 1.67 bits per heavy atom. The van der Waals surface area contributed by atoms with Gasteiger partial charge in [0.15, 0.2) is 23.0 Å². The first-order valence-electron chi connectivity index (χ1n) is 15.8. The number of nitriles is 1. The van der Waals surface area contributed by atoms with Crippen molar-refractivity contribution in [2.45, 2.75) is 69.7 Å². The molecular formula is C36H46N4O5. The van der Waals surface area contributed by atoms with Crippen LogP contribution in [0.3, 0.4) is 0 Å². The van der Waals surface area contributed by atoms with E-state index in [0.717, 1.165) is 45.1 Å². The van der Waals surface area contributed by atoms with Crippen LogP contribution in [0.2, 0.25) is 0 Å². The molecule has 6 atom stereocenters. The molecule has 240 valence electrons. The number of piperazine rings is 1. The van der Waals surface area contributed by atoms with E-state index < -0.39 is 5.54 Å². The van der Waals surface area contributed by atoms with E-state index in [4.69, 9.17) is 29.4 Å². The fourth-order valence-corrected chi connectivity index (χ4v) is 8.69. The standard InChI is InChI=1S/C36H46N4O5/c1-10-12-43-31-21(6)32(42-9)33(44-13-11-2)26-23(31)15-24-29-27-22(14-20(5)30(41-8)34(27)45-17-19(3)4)28-35(39(29)7)36(28,18-38)40(24)25(26)16-37/h10-11,14,19,24-25,28-29,35H,1-2,12-13,15-17,37H2,3-9H3/t24?,25-,28?,29-,35-,36+/m0/s1. The zero-order valence-electron chi connectivity index (χ0n) is 27.6. The fraction of sp³-hybridized carbons (Fsp3) is 0.528. The molecule has 3 aliphatic heterocycles. The number of rotatable bonds is 12. The number of fused-ring (bicyclic) bond motifs is 9. The molecule has 0 amide bonds. The van der Waals surface area contributed by atoms with Gasteiger partial charge >= 0.3 is 0 Å². The molecule has 1 aliphatic carbocycles. The minimum absolute atomic E-state index is 0.0129. The molecule has 2 aromatic rings. The van der Waals surface area contributed by atoms with Crippen LogP contribution in [0.5, 0.6) is 28.7 Å². The Morgan fingerprint density at radius 3 is 2.24 bits per heavy atom. The quantitative estimate of drug-likeness (QED) is 0.326. The zero-order chi connectivity index (χ0) is 32.4. The number of hydrogen-bond donors (Lipinski definition) is 1. The Kier molecular flexibility index (Phi) is 8.05. The summed E-state index contributed by atoms with van der Waals surface area (Å²) in [6.45, 7) is 17.6. The smallest absolute Gasteiger partial charge is 0.167 e. The van der Waals surface area contributed by atoms with Gasteiger partial charge in [-0.1, -0.05) is 45.2 Å². The van der Waals surface area contributed by atoms with Gasteiger partial charge in [0.1, 0.15) is 24.5 Å². The van der Waals surface area contributed by atoms with Crippen LogP contribution in [0.1, 0.15) is 65.2 Å². The van der Waals surface area contributed by atoms with Crippen molar-refractivity contribution in [1.82, 2.24) is 9.80 Å². The van der Waals surface area contributed by atoms with E-state index in [1.165, 1.54) is 5.56 Å². The van der Waals surface area contributed by atoms with E-state index in [1.54, 1.807) is 26.4 Å². The Hall–Kier alpha value is -3.71. The van der Waals surface area contributed by atoms with E-state index in [0.29, 0.717) is 43.7 Å². The lowest BCUT2D eigenvalue weighted by molar-refractivity contribution is -0.0305. The Bertz CT molecular complexity index is 1580. The van der Waals surface area contributed by atoms with Gasteiger partial charge in [0.05, 0.1) is 45.0 Å². The Labute approximate surface area is 267 Å². The van der Waals surface area contributed by atoms with Crippen molar-refractivity contribution in [3.05, 3.63) is 64.8 Å². The molecule has 2 N–H and O–H groups in total. The Morgan fingerprint density at radius 1 is 1.02 bits per heavy atom. The molecule has 1 saturated carbocycles. The summed E-state index contributed by atoms with van der Waals surface area (Å²) < 4.78 is 31.4. The maximum Gasteiger partial charge on any atom is 0.167 e. The lowest BCUT2D eigenvalue weighted by Gasteiger charge is -2.54. The van der Waals surface area contributed by atoms with E-state index in [1.807, 2.05) is 6.92 Å². The second kappa shape index (κ2) is 11.6. The van der Waals surface area contributed by atoms with E-state index >= 15 is 0 Å². The van der Waals surface area contributed by atoms with Gasteiger partial charge in [-0.25, -0.2) is 0 Å². The van der Waals surface area contributed by atoms with Gasteiger partial charge < -0.3 is 29.4 Å². The maximum absolute atomic E-state index is 11.2. The van der Waals surface area contributed by atoms with Crippen molar-refractivity contribution in [2.75, 3.05) is 47.6 Å². The highest BCUT2D eigenvalue weighted by molar-refractivity contribution is 5.69. The average Bonchev–Trinajstić information content (AvgIpc) is 3.74. The van der Waals surface area contributed by atoms with Crippen LogP contribution in [0, 0.1) is 31.1 Å². The molecule has 2 bridgehead atoms. The van der Waals surface area contributed by atoms with Gasteiger partial charge in [-0.05, 0) is 44.4 Å². The number of nitrogens with zero attached hydrogens (tertiary/aromatic N) is 3. The van der Waals surface area contributed by atoms with E-state index in [2.05, 4.69) is 62.9 Å². The van der Waals surface area contributed by atoms with E-state index in [9.17, 15) is 5.26 Å². The first-order valence-corrected chi connectivity index (χ1v) is 15.8. The number of ether oxygens (including phenoxy) is 5. The van der Waals surface area contributed by atoms with Gasteiger partial charge in [0.2, 0.25) is 0 Å². The molecule has 9 heteroatoms. The molecule has 45 heavy (non-hydrogen) atoms. The first-order chi connectivity index (χ1) is 21.7. The molecule has 2 unspecified atom stereocenters. The number of methoxy groups -OCH3 is 2. The molecule has 0 spiro atoms. The molecule has 1 saturated heterocycles. The predicted octanol–water partition coefficient (Wildman–Crippen LogP) is 5.14.